The molecule has 0 unspecified atom stereocenters. The van der Waals surface area contributed by atoms with E-state index in [1.54, 1.807) is 12.0 Å². The molecule has 0 spiro atoms. The molecule has 0 aliphatic heterocycles. The standard InChI is InChI=1S/C7H7BO3/c9-5-6-1-3-7(4-2-6)8(10)11/h1,3-4,10-11H,2H2. The summed E-state index contributed by atoms with van der Waals surface area (Å²) in [5, 5.41) is 17.3. The van der Waals surface area contributed by atoms with Crippen LogP contribution in [0.4, 0.5) is 0 Å². The molecule has 1 rings (SSSR count). The number of carbonyl (C=O) groups excluding carboxylic acids is 1. The van der Waals surface area contributed by atoms with Gasteiger partial charge in [0.05, 0.1) is 0 Å². The van der Waals surface area contributed by atoms with Crippen LogP contribution in [0.2, 0.25) is 0 Å². The summed E-state index contributed by atoms with van der Waals surface area (Å²) in [5.41, 5.74) is 0.943. The van der Waals surface area contributed by atoms with Crippen molar-refractivity contribution in [2.24, 2.45) is 0 Å². The SMILES string of the molecule is O=C=C1C=CC(B(O)O)=CC1. The summed E-state index contributed by atoms with van der Waals surface area (Å²) in [6, 6.07) is 0. The number of hydrogen-bond acceptors (Lipinski definition) is 3. The quantitative estimate of drug-likeness (QED) is 0.396. The number of hydrogen-bond donors (Lipinski definition) is 2. The van der Waals surface area contributed by atoms with Gasteiger partial charge in [0.2, 0.25) is 0 Å². The van der Waals surface area contributed by atoms with Gasteiger partial charge in [0.1, 0.15) is 5.94 Å². The Kier molecular flexibility index (Phi) is 2.44. The highest BCUT2D eigenvalue weighted by molar-refractivity contribution is 6.51. The van der Waals surface area contributed by atoms with Crippen molar-refractivity contribution >= 4 is 13.1 Å². The molecule has 11 heavy (non-hydrogen) atoms. The maximum Gasteiger partial charge on any atom is 0.488 e. The van der Waals surface area contributed by atoms with Crippen LogP contribution in [0.25, 0.3) is 0 Å². The Bertz CT molecular complexity index is 259. The summed E-state index contributed by atoms with van der Waals surface area (Å²) < 4.78 is 0. The topological polar surface area (TPSA) is 57.5 Å². The Balaban J connectivity index is 2.75. The van der Waals surface area contributed by atoms with Gasteiger partial charge in [-0.25, -0.2) is 4.79 Å². The van der Waals surface area contributed by atoms with Gasteiger partial charge in [0.15, 0.2) is 0 Å². The van der Waals surface area contributed by atoms with Crippen LogP contribution in [0.3, 0.4) is 0 Å². The highest BCUT2D eigenvalue weighted by Gasteiger charge is 2.13. The smallest absolute Gasteiger partial charge is 0.423 e. The fourth-order valence-corrected chi connectivity index (χ4v) is 0.828. The zero-order valence-electron chi connectivity index (χ0n) is 5.82. The normalized spacial score (nSPS) is 15.8. The summed E-state index contributed by atoms with van der Waals surface area (Å²) >= 11 is 0. The van der Waals surface area contributed by atoms with Crippen molar-refractivity contribution in [3.8, 4) is 0 Å². The van der Waals surface area contributed by atoms with Crippen molar-refractivity contribution in [2.75, 3.05) is 0 Å². The molecule has 0 saturated heterocycles. The van der Waals surface area contributed by atoms with Crippen LogP contribution < -0.4 is 0 Å². The van der Waals surface area contributed by atoms with Crippen LogP contribution in [-0.2, 0) is 4.79 Å². The van der Waals surface area contributed by atoms with E-state index >= 15 is 0 Å². The molecule has 0 bridgehead atoms. The summed E-state index contributed by atoms with van der Waals surface area (Å²) in [7, 11) is -1.44. The van der Waals surface area contributed by atoms with E-state index in [9.17, 15) is 4.79 Å². The summed E-state index contributed by atoms with van der Waals surface area (Å²) in [6.45, 7) is 0. The zero-order chi connectivity index (χ0) is 8.27. The van der Waals surface area contributed by atoms with Crippen molar-refractivity contribution in [3.63, 3.8) is 0 Å². The molecule has 3 nitrogen and oxygen atoms in total. The number of rotatable bonds is 1. The van der Waals surface area contributed by atoms with Crippen molar-refractivity contribution in [2.45, 2.75) is 6.42 Å². The molecule has 0 aromatic rings. The van der Waals surface area contributed by atoms with Gasteiger partial charge in [0.25, 0.3) is 0 Å². The van der Waals surface area contributed by atoms with E-state index in [2.05, 4.69) is 0 Å². The van der Waals surface area contributed by atoms with Gasteiger partial charge in [-0.1, -0.05) is 12.2 Å². The highest BCUT2D eigenvalue weighted by atomic mass is 16.4. The zero-order valence-corrected chi connectivity index (χ0v) is 5.82. The van der Waals surface area contributed by atoms with Crippen LogP contribution in [0.15, 0.2) is 29.3 Å². The van der Waals surface area contributed by atoms with E-state index in [1.165, 1.54) is 12.2 Å². The van der Waals surface area contributed by atoms with E-state index < -0.39 is 7.12 Å². The third kappa shape index (κ3) is 1.92. The van der Waals surface area contributed by atoms with Crippen LogP contribution >= 0.6 is 0 Å². The molecule has 4 heteroatoms. The van der Waals surface area contributed by atoms with Crippen LogP contribution in [0.1, 0.15) is 6.42 Å². The minimum atomic E-state index is -1.44. The molecule has 1 aliphatic rings. The maximum absolute atomic E-state index is 10.1. The third-order valence-corrected chi connectivity index (χ3v) is 1.46. The van der Waals surface area contributed by atoms with E-state index in [-0.39, 0.29) is 0 Å². The van der Waals surface area contributed by atoms with Crippen LogP contribution in [0, 0.1) is 0 Å². The van der Waals surface area contributed by atoms with Crippen molar-refractivity contribution < 1.29 is 14.8 Å². The first-order chi connectivity index (χ1) is 5.24. The fraction of sp³-hybridized carbons (Fsp3) is 0.143. The molecular formula is C7H7BO3. The second kappa shape index (κ2) is 3.35. The predicted octanol–water partition coefficient (Wildman–Crippen LogP) is -0.357. The largest absolute Gasteiger partial charge is 0.488 e. The average Bonchev–Trinajstić information content (AvgIpc) is 2.05. The van der Waals surface area contributed by atoms with Gasteiger partial charge in [0, 0.05) is 12.0 Å². The monoisotopic (exact) mass is 150 g/mol. The maximum atomic E-state index is 10.1. The first-order valence-electron chi connectivity index (χ1n) is 3.22. The Morgan fingerprint density at radius 2 is 2.18 bits per heavy atom. The van der Waals surface area contributed by atoms with Gasteiger partial charge in [-0.05, 0) is 11.5 Å². The lowest BCUT2D eigenvalue weighted by Crippen LogP contribution is -2.15. The molecule has 0 fully saturated rings. The molecule has 0 saturated carbocycles. The van der Waals surface area contributed by atoms with Gasteiger partial charge in [-0.2, -0.15) is 0 Å². The average molecular weight is 150 g/mol. The molecule has 2 N–H and O–H groups in total. The molecule has 0 radical (unpaired) electrons. The van der Waals surface area contributed by atoms with Crippen molar-refractivity contribution in [1.29, 1.82) is 0 Å². The fourth-order valence-electron chi connectivity index (χ4n) is 0.828. The first-order valence-corrected chi connectivity index (χ1v) is 3.22. The van der Waals surface area contributed by atoms with Gasteiger partial charge < -0.3 is 10.0 Å². The Morgan fingerprint density at radius 3 is 2.55 bits per heavy atom. The minimum absolute atomic E-state index is 0.420. The molecule has 0 aromatic carbocycles. The lowest BCUT2D eigenvalue weighted by atomic mass is 9.76. The van der Waals surface area contributed by atoms with Crippen molar-refractivity contribution in [3.05, 3.63) is 29.3 Å². The predicted molar refractivity (Wildman–Crippen MR) is 41.2 cm³/mol. The number of allylic oxidation sites excluding steroid dienone is 5. The lowest BCUT2D eigenvalue weighted by Gasteiger charge is -2.04. The summed E-state index contributed by atoms with van der Waals surface area (Å²) in [4.78, 5) is 10.1. The van der Waals surface area contributed by atoms with Gasteiger partial charge >= 0.3 is 7.12 Å². The summed E-state index contributed by atoms with van der Waals surface area (Å²) in [6.07, 6.45) is 5.04. The molecular weight excluding hydrogens is 143 g/mol. The minimum Gasteiger partial charge on any atom is -0.423 e. The third-order valence-electron chi connectivity index (χ3n) is 1.46. The molecule has 1 aliphatic carbocycles. The molecule has 0 atom stereocenters. The lowest BCUT2D eigenvalue weighted by molar-refractivity contribution is 0.420. The molecule has 0 heterocycles. The van der Waals surface area contributed by atoms with Crippen molar-refractivity contribution in [1.82, 2.24) is 0 Å². The molecule has 0 amide bonds. The molecule has 0 aromatic heterocycles. The Labute approximate surface area is 64.5 Å². The Hall–Kier alpha value is -1.09. The van der Waals surface area contributed by atoms with Gasteiger partial charge in [-0.3, -0.25) is 0 Å². The van der Waals surface area contributed by atoms with E-state index in [0.29, 0.717) is 17.5 Å². The second-order valence-corrected chi connectivity index (χ2v) is 2.24. The highest BCUT2D eigenvalue weighted by Crippen LogP contribution is 2.13. The summed E-state index contributed by atoms with van der Waals surface area (Å²) in [5.74, 6) is 1.74. The van der Waals surface area contributed by atoms with Crippen LogP contribution in [0.5, 0.6) is 0 Å². The van der Waals surface area contributed by atoms with Crippen LogP contribution in [-0.4, -0.2) is 23.1 Å². The first kappa shape index (κ1) is 8.02. The second-order valence-electron chi connectivity index (χ2n) is 2.24. The van der Waals surface area contributed by atoms with E-state index in [4.69, 9.17) is 10.0 Å². The Morgan fingerprint density at radius 1 is 1.45 bits per heavy atom. The van der Waals surface area contributed by atoms with E-state index in [1.807, 2.05) is 0 Å². The van der Waals surface area contributed by atoms with E-state index in [0.717, 1.165) is 0 Å². The molecule has 56 valence electrons. The van der Waals surface area contributed by atoms with Gasteiger partial charge in [-0.15, -0.1) is 0 Å².